The number of carbonyl (C=O) groups excluding carboxylic acids is 3. The summed E-state index contributed by atoms with van der Waals surface area (Å²) in [6.07, 6.45) is 5.11. The average molecular weight is 371 g/mol. The lowest BCUT2D eigenvalue weighted by Crippen LogP contribution is -2.47. The zero-order valence-electron chi connectivity index (χ0n) is 16.5. The van der Waals surface area contributed by atoms with Crippen LogP contribution < -0.4 is 5.32 Å². The lowest BCUT2D eigenvalue weighted by atomic mass is 9.84. The molecule has 1 atom stereocenters. The minimum atomic E-state index is -0.160. The van der Waals surface area contributed by atoms with Gasteiger partial charge in [-0.3, -0.25) is 14.4 Å². The van der Waals surface area contributed by atoms with Crippen LogP contribution >= 0.6 is 0 Å². The number of nitrogens with one attached hydrogen (secondary N) is 1. The van der Waals surface area contributed by atoms with E-state index >= 15 is 0 Å². The summed E-state index contributed by atoms with van der Waals surface area (Å²) in [6, 6.07) is 5.46. The molecule has 1 unspecified atom stereocenters. The smallest absolute Gasteiger partial charge is 0.254 e. The SMILES string of the molecule is CC(=O)Nc1cccc(C(=O)N(C)CC2CCCN2C(=O)C2CCC2)c1C. The molecule has 3 amide bonds. The summed E-state index contributed by atoms with van der Waals surface area (Å²) in [5.41, 5.74) is 2.00. The van der Waals surface area contributed by atoms with Gasteiger partial charge in [-0.1, -0.05) is 12.5 Å². The van der Waals surface area contributed by atoms with Gasteiger partial charge in [0.1, 0.15) is 0 Å². The fourth-order valence-corrected chi connectivity index (χ4v) is 4.00. The van der Waals surface area contributed by atoms with E-state index in [1.54, 1.807) is 30.1 Å². The molecule has 1 saturated carbocycles. The van der Waals surface area contributed by atoms with Crippen molar-refractivity contribution in [1.29, 1.82) is 0 Å². The molecule has 146 valence electrons. The van der Waals surface area contributed by atoms with Crippen LogP contribution in [-0.2, 0) is 9.59 Å². The van der Waals surface area contributed by atoms with Crippen molar-refractivity contribution in [2.45, 2.75) is 52.0 Å². The molecule has 1 aliphatic heterocycles. The van der Waals surface area contributed by atoms with E-state index in [-0.39, 0.29) is 29.7 Å². The first kappa shape index (κ1) is 19.4. The maximum Gasteiger partial charge on any atom is 0.254 e. The Morgan fingerprint density at radius 3 is 2.56 bits per heavy atom. The minimum Gasteiger partial charge on any atom is -0.340 e. The molecule has 1 saturated heterocycles. The highest BCUT2D eigenvalue weighted by atomic mass is 16.2. The number of hydrogen-bond acceptors (Lipinski definition) is 3. The molecular formula is C21H29N3O3. The number of rotatable bonds is 5. The normalized spacial score (nSPS) is 19.5. The second-order valence-corrected chi connectivity index (χ2v) is 7.80. The van der Waals surface area contributed by atoms with Crippen LogP contribution in [0.3, 0.4) is 0 Å². The first-order valence-corrected chi connectivity index (χ1v) is 9.81. The number of carbonyl (C=O) groups is 3. The molecule has 2 aliphatic rings. The van der Waals surface area contributed by atoms with Gasteiger partial charge in [-0.15, -0.1) is 0 Å². The lowest BCUT2D eigenvalue weighted by molar-refractivity contribution is -0.139. The molecule has 0 radical (unpaired) electrons. The largest absolute Gasteiger partial charge is 0.340 e. The van der Waals surface area contributed by atoms with E-state index in [1.807, 2.05) is 11.8 Å². The summed E-state index contributed by atoms with van der Waals surface area (Å²) in [7, 11) is 1.79. The lowest BCUT2D eigenvalue weighted by Gasteiger charge is -2.34. The van der Waals surface area contributed by atoms with Crippen LogP contribution in [0, 0.1) is 12.8 Å². The first-order chi connectivity index (χ1) is 12.9. The number of nitrogens with zero attached hydrogens (tertiary/aromatic N) is 2. The van der Waals surface area contributed by atoms with Crippen LogP contribution in [0.2, 0.25) is 0 Å². The highest BCUT2D eigenvalue weighted by Crippen LogP contribution is 2.31. The first-order valence-electron chi connectivity index (χ1n) is 9.81. The highest BCUT2D eigenvalue weighted by Gasteiger charge is 2.36. The molecule has 1 aromatic carbocycles. The van der Waals surface area contributed by atoms with Crippen LogP contribution in [0.25, 0.3) is 0 Å². The minimum absolute atomic E-state index is 0.0809. The van der Waals surface area contributed by atoms with E-state index in [0.717, 1.165) is 44.2 Å². The second-order valence-electron chi connectivity index (χ2n) is 7.80. The number of likely N-dealkylation sites (tertiary alicyclic amines) is 1. The molecule has 1 N–H and O–H groups in total. The van der Waals surface area contributed by atoms with Crippen molar-refractivity contribution in [3.8, 4) is 0 Å². The summed E-state index contributed by atoms with van der Waals surface area (Å²) < 4.78 is 0. The Kier molecular flexibility index (Phi) is 5.82. The van der Waals surface area contributed by atoms with Crippen molar-refractivity contribution in [3.63, 3.8) is 0 Å². The van der Waals surface area contributed by atoms with Crippen LogP contribution in [0.1, 0.15) is 54.9 Å². The molecular weight excluding hydrogens is 342 g/mol. The topological polar surface area (TPSA) is 69.7 Å². The van der Waals surface area contributed by atoms with Crippen LogP contribution in [0.4, 0.5) is 5.69 Å². The Hall–Kier alpha value is -2.37. The molecule has 3 rings (SSSR count). The van der Waals surface area contributed by atoms with Gasteiger partial charge in [0.25, 0.3) is 5.91 Å². The van der Waals surface area contributed by atoms with Crippen LogP contribution in [0.5, 0.6) is 0 Å². The van der Waals surface area contributed by atoms with Gasteiger partial charge in [-0.2, -0.15) is 0 Å². The highest BCUT2D eigenvalue weighted by molar-refractivity contribution is 5.99. The van der Waals surface area contributed by atoms with Crippen molar-refractivity contribution in [1.82, 2.24) is 9.80 Å². The van der Waals surface area contributed by atoms with Crippen molar-refractivity contribution in [2.75, 3.05) is 25.5 Å². The van der Waals surface area contributed by atoms with Crippen LogP contribution in [0.15, 0.2) is 18.2 Å². The van der Waals surface area contributed by atoms with Crippen molar-refractivity contribution < 1.29 is 14.4 Å². The van der Waals surface area contributed by atoms with E-state index in [1.165, 1.54) is 6.92 Å². The zero-order valence-corrected chi connectivity index (χ0v) is 16.5. The number of hydrogen-bond donors (Lipinski definition) is 1. The van der Waals surface area contributed by atoms with Gasteiger partial charge >= 0.3 is 0 Å². The van der Waals surface area contributed by atoms with E-state index in [4.69, 9.17) is 0 Å². The molecule has 0 bridgehead atoms. The Balaban J connectivity index is 1.68. The number of benzene rings is 1. The quantitative estimate of drug-likeness (QED) is 0.865. The van der Waals surface area contributed by atoms with Gasteiger partial charge in [0.2, 0.25) is 11.8 Å². The maximum atomic E-state index is 13.0. The third kappa shape index (κ3) is 4.15. The summed E-state index contributed by atoms with van der Waals surface area (Å²) >= 11 is 0. The van der Waals surface area contributed by atoms with E-state index in [0.29, 0.717) is 17.8 Å². The number of amides is 3. The molecule has 0 spiro atoms. The Bertz CT molecular complexity index is 742. The Morgan fingerprint density at radius 1 is 1.19 bits per heavy atom. The van der Waals surface area contributed by atoms with Gasteiger partial charge in [0.05, 0.1) is 0 Å². The second kappa shape index (κ2) is 8.11. The Labute approximate surface area is 160 Å². The maximum absolute atomic E-state index is 13.0. The molecule has 1 aromatic rings. The Morgan fingerprint density at radius 2 is 1.93 bits per heavy atom. The van der Waals surface area contributed by atoms with Gasteiger partial charge in [-0.05, 0) is 50.3 Å². The summed E-state index contributed by atoms with van der Waals surface area (Å²) in [5, 5.41) is 2.77. The summed E-state index contributed by atoms with van der Waals surface area (Å²) in [4.78, 5) is 40.7. The summed E-state index contributed by atoms with van der Waals surface area (Å²) in [5.74, 6) is 0.228. The van der Waals surface area contributed by atoms with E-state index < -0.39 is 0 Å². The standard InChI is InChI=1S/C21H29N3O3/c1-14-18(10-5-11-19(14)22-15(2)25)21(27)23(3)13-17-9-6-12-24(17)20(26)16-7-4-8-16/h5,10-11,16-17H,4,6-9,12-13H2,1-3H3,(H,22,25). The van der Waals surface area contributed by atoms with Gasteiger partial charge in [-0.25, -0.2) is 0 Å². The van der Waals surface area contributed by atoms with Crippen molar-refractivity contribution >= 4 is 23.4 Å². The zero-order chi connectivity index (χ0) is 19.6. The molecule has 6 nitrogen and oxygen atoms in total. The van der Waals surface area contributed by atoms with Gasteiger partial charge in [0, 0.05) is 50.3 Å². The molecule has 2 fully saturated rings. The van der Waals surface area contributed by atoms with Gasteiger partial charge < -0.3 is 15.1 Å². The fraction of sp³-hybridized carbons (Fsp3) is 0.571. The molecule has 27 heavy (non-hydrogen) atoms. The third-order valence-electron chi connectivity index (χ3n) is 5.82. The van der Waals surface area contributed by atoms with Crippen LogP contribution in [-0.4, -0.2) is 53.7 Å². The molecule has 1 heterocycles. The van der Waals surface area contributed by atoms with E-state index in [2.05, 4.69) is 5.32 Å². The molecule has 6 heteroatoms. The van der Waals surface area contributed by atoms with E-state index in [9.17, 15) is 14.4 Å². The number of likely N-dealkylation sites (N-methyl/N-ethyl adjacent to an activating group) is 1. The third-order valence-corrected chi connectivity index (χ3v) is 5.82. The fourth-order valence-electron chi connectivity index (χ4n) is 4.00. The number of anilines is 1. The summed E-state index contributed by atoms with van der Waals surface area (Å²) in [6.45, 7) is 4.64. The monoisotopic (exact) mass is 371 g/mol. The molecule has 1 aliphatic carbocycles. The van der Waals surface area contributed by atoms with Crippen molar-refractivity contribution in [2.24, 2.45) is 5.92 Å². The van der Waals surface area contributed by atoms with Gasteiger partial charge in [0.15, 0.2) is 0 Å². The predicted molar refractivity (Wildman–Crippen MR) is 105 cm³/mol. The van der Waals surface area contributed by atoms with Crippen molar-refractivity contribution in [3.05, 3.63) is 29.3 Å². The predicted octanol–water partition coefficient (Wildman–Crippen LogP) is 2.82. The average Bonchev–Trinajstić information content (AvgIpc) is 3.02. The molecule has 0 aromatic heterocycles.